The Balaban J connectivity index is 1.81. The summed E-state index contributed by atoms with van der Waals surface area (Å²) in [5.74, 6) is 0.764. The summed E-state index contributed by atoms with van der Waals surface area (Å²) in [6, 6.07) is 0. The first kappa shape index (κ1) is 15.6. The highest BCUT2D eigenvalue weighted by Gasteiger charge is 2.42. The van der Waals surface area contributed by atoms with Gasteiger partial charge < -0.3 is 14.4 Å². The van der Waals surface area contributed by atoms with Crippen LogP contribution in [0, 0.1) is 0 Å². The molecule has 1 aromatic rings. The summed E-state index contributed by atoms with van der Waals surface area (Å²) in [6.45, 7) is 3.12. The van der Waals surface area contributed by atoms with Crippen molar-refractivity contribution in [3.8, 4) is 0 Å². The molecule has 2 saturated heterocycles. The van der Waals surface area contributed by atoms with Gasteiger partial charge in [-0.25, -0.2) is 13.4 Å². The number of sulfonamides is 1. The first-order valence-corrected chi connectivity index (χ1v) is 9.01. The van der Waals surface area contributed by atoms with Crippen LogP contribution < -0.4 is 4.90 Å². The van der Waals surface area contributed by atoms with Crippen LogP contribution >= 0.6 is 0 Å². The Kier molecular flexibility index (Phi) is 4.31. The number of hydrogen-bond acceptors (Lipinski definition) is 7. The number of hydrogen-bond donors (Lipinski definition) is 0. The van der Waals surface area contributed by atoms with Gasteiger partial charge in [0, 0.05) is 32.0 Å². The van der Waals surface area contributed by atoms with Gasteiger partial charge in [-0.3, -0.25) is 4.98 Å². The topological polar surface area (TPSA) is 84.9 Å². The quantitative estimate of drug-likeness (QED) is 0.713. The first-order chi connectivity index (χ1) is 10.5. The lowest BCUT2D eigenvalue weighted by Crippen LogP contribution is -2.59. The lowest BCUT2D eigenvalue weighted by molar-refractivity contribution is -0.0955. The summed E-state index contributed by atoms with van der Waals surface area (Å²) in [5, 5.41) is 0. The van der Waals surface area contributed by atoms with E-state index in [2.05, 4.69) is 14.9 Å². The predicted octanol–water partition coefficient (Wildman–Crippen LogP) is -0.656. The lowest BCUT2D eigenvalue weighted by atomic mass is 10.0. The average Bonchev–Trinajstić information content (AvgIpc) is 2.71. The summed E-state index contributed by atoms with van der Waals surface area (Å²) < 4.78 is 36.8. The smallest absolute Gasteiger partial charge is 0.211 e. The van der Waals surface area contributed by atoms with Gasteiger partial charge in [0.05, 0.1) is 38.8 Å². The second kappa shape index (κ2) is 6.07. The van der Waals surface area contributed by atoms with Crippen LogP contribution in [0.15, 0.2) is 18.6 Å². The van der Waals surface area contributed by atoms with Crippen LogP contribution in [0.25, 0.3) is 0 Å². The van der Waals surface area contributed by atoms with E-state index in [-0.39, 0.29) is 0 Å². The minimum atomic E-state index is -3.28. The van der Waals surface area contributed by atoms with Crippen molar-refractivity contribution in [2.45, 2.75) is 5.60 Å². The predicted molar refractivity (Wildman–Crippen MR) is 80.2 cm³/mol. The number of rotatable bonds is 2. The minimum Gasteiger partial charge on any atom is -0.377 e. The van der Waals surface area contributed by atoms with Gasteiger partial charge in [0.25, 0.3) is 0 Å². The van der Waals surface area contributed by atoms with Crippen LogP contribution in [0.3, 0.4) is 0 Å². The zero-order chi connectivity index (χ0) is 15.6. The third-order valence-corrected chi connectivity index (χ3v) is 5.16. The van der Waals surface area contributed by atoms with Gasteiger partial charge in [0.15, 0.2) is 0 Å². The molecule has 1 unspecified atom stereocenters. The monoisotopic (exact) mass is 328 g/mol. The molecule has 1 aromatic heterocycles. The fraction of sp³-hybridized carbons (Fsp3) is 0.692. The third kappa shape index (κ3) is 3.37. The van der Waals surface area contributed by atoms with E-state index in [1.807, 2.05) is 0 Å². The van der Waals surface area contributed by atoms with Gasteiger partial charge in [-0.05, 0) is 0 Å². The molecule has 9 heteroatoms. The Bertz CT molecular complexity index is 612. The molecule has 3 rings (SSSR count). The van der Waals surface area contributed by atoms with E-state index in [4.69, 9.17) is 9.47 Å². The van der Waals surface area contributed by atoms with Gasteiger partial charge in [-0.1, -0.05) is 0 Å². The van der Waals surface area contributed by atoms with Crippen molar-refractivity contribution in [1.82, 2.24) is 14.3 Å². The molecular weight excluding hydrogens is 308 g/mol. The number of anilines is 1. The van der Waals surface area contributed by atoms with Crippen molar-refractivity contribution in [3.05, 3.63) is 18.6 Å². The molecule has 0 aliphatic carbocycles. The van der Waals surface area contributed by atoms with Crippen LogP contribution in [0.5, 0.6) is 0 Å². The van der Waals surface area contributed by atoms with Crippen molar-refractivity contribution >= 4 is 15.8 Å². The van der Waals surface area contributed by atoms with Gasteiger partial charge in [0.2, 0.25) is 10.0 Å². The molecule has 0 amide bonds. The number of morpholine rings is 1. The molecule has 3 heterocycles. The molecule has 0 N–H and O–H groups in total. The van der Waals surface area contributed by atoms with Crippen molar-refractivity contribution in [2.75, 3.05) is 57.2 Å². The fourth-order valence-corrected chi connectivity index (χ4v) is 3.71. The summed E-state index contributed by atoms with van der Waals surface area (Å²) in [5.41, 5.74) is -0.671. The summed E-state index contributed by atoms with van der Waals surface area (Å²) in [7, 11) is -3.28. The maximum atomic E-state index is 11.9. The Morgan fingerprint density at radius 1 is 1.23 bits per heavy atom. The molecule has 122 valence electrons. The van der Waals surface area contributed by atoms with Gasteiger partial charge in [0.1, 0.15) is 11.4 Å². The van der Waals surface area contributed by atoms with Crippen LogP contribution in [0.2, 0.25) is 0 Å². The van der Waals surface area contributed by atoms with E-state index in [9.17, 15) is 8.42 Å². The average molecular weight is 328 g/mol. The van der Waals surface area contributed by atoms with Gasteiger partial charge in [-0.2, -0.15) is 4.31 Å². The normalized spacial score (nSPS) is 27.8. The maximum Gasteiger partial charge on any atom is 0.211 e. The standard InChI is InChI=1S/C13H20N4O4S/c1-22(18,19)17-5-6-20-11-13(10-17)9-16(4-7-21-13)12-8-14-2-3-15-12/h2-3,8H,4-7,9-11H2,1H3. The van der Waals surface area contributed by atoms with Crippen molar-refractivity contribution in [1.29, 1.82) is 0 Å². The highest BCUT2D eigenvalue weighted by Crippen LogP contribution is 2.25. The highest BCUT2D eigenvalue weighted by molar-refractivity contribution is 7.88. The number of ether oxygens (including phenoxy) is 2. The first-order valence-electron chi connectivity index (χ1n) is 7.16. The molecule has 1 spiro atoms. The largest absolute Gasteiger partial charge is 0.377 e. The van der Waals surface area contributed by atoms with E-state index in [0.717, 1.165) is 5.82 Å². The molecule has 2 fully saturated rings. The lowest BCUT2D eigenvalue weighted by Gasteiger charge is -2.43. The van der Waals surface area contributed by atoms with E-state index in [1.54, 1.807) is 18.6 Å². The molecule has 0 aromatic carbocycles. The fourth-order valence-electron chi connectivity index (χ4n) is 2.83. The number of aromatic nitrogens is 2. The SMILES string of the molecule is CS(=O)(=O)N1CCOCC2(CN(c3cnccn3)CCO2)C1. The Labute approximate surface area is 130 Å². The summed E-state index contributed by atoms with van der Waals surface area (Å²) in [6.07, 6.45) is 6.18. The van der Waals surface area contributed by atoms with E-state index >= 15 is 0 Å². The number of nitrogens with zero attached hydrogens (tertiary/aromatic N) is 4. The van der Waals surface area contributed by atoms with Gasteiger partial charge >= 0.3 is 0 Å². The Morgan fingerprint density at radius 3 is 2.82 bits per heavy atom. The van der Waals surface area contributed by atoms with Crippen LogP contribution in [-0.4, -0.2) is 80.5 Å². The van der Waals surface area contributed by atoms with Crippen LogP contribution in [-0.2, 0) is 19.5 Å². The molecule has 0 saturated carbocycles. The molecule has 0 bridgehead atoms. The van der Waals surface area contributed by atoms with Crippen molar-refractivity contribution in [2.24, 2.45) is 0 Å². The molecule has 22 heavy (non-hydrogen) atoms. The highest BCUT2D eigenvalue weighted by atomic mass is 32.2. The second-order valence-electron chi connectivity index (χ2n) is 5.67. The molecular formula is C13H20N4O4S. The Hall–Kier alpha value is -1.29. The van der Waals surface area contributed by atoms with E-state index in [0.29, 0.717) is 46.0 Å². The molecule has 8 nitrogen and oxygen atoms in total. The van der Waals surface area contributed by atoms with Crippen LogP contribution in [0.4, 0.5) is 5.82 Å². The van der Waals surface area contributed by atoms with Crippen molar-refractivity contribution in [3.63, 3.8) is 0 Å². The maximum absolute atomic E-state index is 11.9. The second-order valence-corrected chi connectivity index (χ2v) is 7.65. The summed E-state index contributed by atoms with van der Waals surface area (Å²) in [4.78, 5) is 10.5. The molecule has 2 aliphatic heterocycles. The zero-order valence-electron chi connectivity index (χ0n) is 12.5. The third-order valence-electron chi connectivity index (χ3n) is 3.91. The molecule has 2 aliphatic rings. The minimum absolute atomic E-state index is 0.294. The van der Waals surface area contributed by atoms with E-state index in [1.165, 1.54) is 10.6 Å². The Morgan fingerprint density at radius 2 is 2.09 bits per heavy atom. The van der Waals surface area contributed by atoms with E-state index < -0.39 is 15.6 Å². The van der Waals surface area contributed by atoms with Crippen molar-refractivity contribution < 1.29 is 17.9 Å². The molecule has 1 atom stereocenters. The zero-order valence-corrected chi connectivity index (χ0v) is 13.3. The van der Waals surface area contributed by atoms with Crippen LogP contribution in [0.1, 0.15) is 0 Å². The molecule has 0 radical (unpaired) electrons. The van der Waals surface area contributed by atoms with Gasteiger partial charge in [-0.15, -0.1) is 0 Å². The summed E-state index contributed by atoms with van der Waals surface area (Å²) >= 11 is 0.